The quantitative estimate of drug-likeness (QED) is 0.107. The average molecular weight is 664 g/mol. The van der Waals surface area contributed by atoms with Gasteiger partial charge >= 0.3 is 48.9 Å². The number of methoxy groups -OCH3 is 4. The maximum absolute atomic E-state index is 12.5. The molecule has 0 saturated carbocycles. The normalized spacial score (nSPS) is 12.0. The summed E-state index contributed by atoms with van der Waals surface area (Å²) in [6.07, 6.45) is 1.07. The standard InChI is InChI=1S/2C13H27O5.Ba/c2*1-12(2)9-13(14,10-17-7-5-15-3)11-18-8-6-16-4;/h2*12H,5-11H2,1-4H3;/q2*-1;+2. The van der Waals surface area contributed by atoms with Crippen molar-refractivity contribution in [1.82, 2.24) is 0 Å². The van der Waals surface area contributed by atoms with E-state index in [0.29, 0.717) is 77.5 Å². The van der Waals surface area contributed by atoms with Gasteiger partial charge in [-0.25, -0.2) is 0 Å². The van der Waals surface area contributed by atoms with Gasteiger partial charge in [0.05, 0.1) is 52.9 Å². The van der Waals surface area contributed by atoms with Crippen LogP contribution in [-0.2, 0) is 37.9 Å². The van der Waals surface area contributed by atoms with Gasteiger partial charge in [0.1, 0.15) is 0 Å². The topological polar surface area (TPSA) is 120 Å². The van der Waals surface area contributed by atoms with Crippen molar-refractivity contribution in [2.24, 2.45) is 11.8 Å². The number of hydrogen-bond donors (Lipinski definition) is 0. The number of ether oxygens (including phenoxy) is 8. The Hall–Kier alpha value is 1.17. The fraction of sp³-hybridized carbons (Fsp3) is 1.00. The van der Waals surface area contributed by atoms with E-state index in [0.717, 1.165) is 0 Å². The van der Waals surface area contributed by atoms with Crippen LogP contribution in [0.3, 0.4) is 0 Å². The van der Waals surface area contributed by atoms with Gasteiger partial charge in [-0.2, -0.15) is 0 Å². The molecule has 0 aliphatic rings. The van der Waals surface area contributed by atoms with Gasteiger partial charge in [0.25, 0.3) is 0 Å². The Kier molecular flexibility index (Phi) is 33.1. The van der Waals surface area contributed by atoms with Crippen LogP contribution in [0.2, 0.25) is 0 Å². The predicted molar refractivity (Wildman–Crippen MR) is 141 cm³/mol. The maximum atomic E-state index is 12.5. The molecule has 0 aromatic rings. The molecule has 10 nitrogen and oxygen atoms in total. The summed E-state index contributed by atoms with van der Waals surface area (Å²) >= 11 is 0. The van der Waals surface area contributed by atoms with Crippen molar-refractivity contribution < 1.29 is 48.1 Å². The van der Waals surface area contributed by atoms with Gasteiger partial charge in [-0.15, -0.1) is 0 Å². The Morgan fingerprint density at radius 3 is 0.838 bits per heavy atom. The summed E-state index contributed by atoms with van der Waals surface area (Å²) in [7, 11) is 6.43. The van der Waals surface area contributed by atoms with Gasteiger partial charge in [0.2, 0.25) is 0 Å². The summed E-state index contributed by atoms with van der Waals surface area (Å²) in [5.41, 5.74) is -2.37. The molecule has 0 heterocycles. The summed E-state index contributed by atoms with van der Waals surface area (Å²) in [6, 6.07) is 0. The van der Waals surface area contributed by atoms with Crippen molar-refractivity contribution in [3.63, 3.8) is 0 Å². The van der Waals surface area contributed by atoms with Crippen molar-refractivity contribution in [2.75, 3.05) is 108 Å². The average Bonchev–Trinajstić information content (AvgIpc) is 2.80. The first-order valence-corrected chi connectivity index (χ1v) is 12.8. The molecule has 0 rings (SSSR count). The zero-order valence-electron chi connectivity index (χ0n) is 24.8. The van der Waals surface area contributed by atoms with Crippen molar-refractivity contribution >= 4 is 48.9 Å². The van der Waals surface area contributed by atoms with E-state index in [1.807, 2.05) is 27.7 Å². The van der Waals surface area contributed by atoms with E-state index in [9.17, 15) is 10.2 Å². The van der Waals surface area contributed by atoms with E-state index in [2.05, 4.69) is 0 Å². The Bertz CT molecular complexity index is 391. The molecule has 11 heteroatoms. The molecule has 0 aromatic heterocycles. The molecule has 220 valence electrons. The molecule has 0 bridgehead atoms. The minimum Gasteiger partial charge on any atom is -0.846 e. The minimum atomic E-state index is -1.18. The summed E-state index contributed by atoms with van der Waals surface area (Å²) in [5, 5.41) is 25.0. The van der Waals surface area contributed by atoms with Gasteiger partial charge in [-0.1, -0.05) is 51.7 Å². The zero-order valence-corrected chi connectivity index (χ0v) is 29.3. The van der Waals surface area contributed by atoms with Crippen molar-refractivity contribution in [3.8, 4) is 0 Å². The Balaban J connectivity index is -0.000000608. The molecule has 0 saturated heterocycles. The molecule has 0 aliphatic heterocycles. The van der Waals surface area contributed by atoms with Gasteiger partial charge < -0.3 is 48.1 Å². The van der Waals surface area contributed by atoms with Crippen molar-refractivity contribution in [1.29, 1.82) is 0 Å². The zero-order chi connectivity index (χ0) is 27.7. The summed E-state index contributed by atoms with van der Waals surface area (Å²) in [4.78, 5) is 0. The van der Waals surface area contributed by atoms with Crippen LogP contribution in [-0.4, -0.2) is 168 Å². The van der Waals surface area contributed by atoms with Crippen LogP contribution in [0, 0.1) is 11.8 Å². The molecule has 0 radical (unpaired) electrons. The van der Waals surface area contributed by atoms with Gasteiger partial charge in [-0.05, 0) is 11.8 Å². The first-order valence-electron chi connectivity index (χ1n) is 12.8. The van der Waals surface area contributed by atoms with Crippen LogP contribution in [0.4, 0.5) is 0 Å². The molecule has 0 aliphatic carbocycles. The third-order valence-corrected chi connectivity index (χ3v) is 4.75. The molecule has 0 aromatic carbocycles. The fourth-order valence-corrected chi connectivity index (χ4v) is 3.41. The first-order chi connectivity index (χ1) is 17.1. The summed E-state index contributed by atoms with van der Waals surface area (Å²) < 4.78 is 40.9. The smallest absolute Gasteiger partial charge is 0.846 e. The van der Waals surface area contributed by atoms with Crippen LogP contribution in [0.1, 0.15) is 40.5 Å². The van der Waals surface area contributed by atoms with E-state index in [1.54, 1.807) is 28.4 Å². The SMILES string of the molecule is COCCOCC([O-])(COCCOC)CC(C)C.COCCOCC([O-])(COCCOC)CC(C)C.[Ba+2]. The van der Waals surface area contributed by atoms with Crippen LogP contribution in [0.5, 0.6) is 0 Å². The summed E-state index contributed by atoms with van der Waals surface area (Å²) in [6.45, 7) is 12.5. The van der Waals surface area contributed by atoms with Crippen molar-refractivity contribution in [2.45, 2.75) is 51.7 Å². The van der Waals surface area contributed by atoms with Crippen molar-refractivity contribution in [3.05, 3.63) is 0 Å². The van der Waals surface area contributed by atoms with Crippen LogP contribution in [0.25, 0.3) is 0 Å². The van der Waals surface area contributed by atoms with Gasteiger partial charge in [0, 0.05) is 54.9 Å². The van der Waals surface area contributed by atoms with E-state index in [-0.39, 0.29) is 75.3 Å². The molecule has 0 fully saturated rings. The first kappa shape index (κ1) is 42.6. The molecule has 0 N–H and O–H groups in total. The molecule has 37 heavy (non-hydrogen) atoms. The Morgan fingerprint density at radius 1 is 0.459 bits per heavy atom. The number of hydrogen-bond acceptors (Lipinski definition) is 10. The number of rotatable bonds is 24. The summed E-state index contributed by atoms with van der Waals surface area (Å²) in [5.74, 6) is 0.638. The monoisotopic (exact) mass is 664 g/mol. The molecule has 0 unspecified atom stereocenters. The minimum absolute atomic E-state index is 0. The second kappa shape index (κ2) is 28.7. The van der Waals surface area contributed by atoms with Crippen LogP contribution >= 0.6 is 0 Å². The molecule has 0 amide bonds. The fourth-order valence-electron chi connectivity index (χ4n) is 3.41. The molecule has 0 atom stereocenters. The second-order valence-corrected chi connectivity index (χ2v) is 9.74. The van der Waals surface area contributed by atoms with E-state index >= 15 is 0 Å². The largest absolute Gasteiger partial charge is 2.00 e. The van der Waals surface area contributed by atoms with Gasteiger partial charge in [0.15, 0.2) is 0 Å². The third-order valence-electron chi connectivity index (χ3n) is 4.75. The predicted octanol–water partition coefficient (Wildman–Crippen LogP) is 0.534. The molecular formula is C26H54BaO10. The van der Waals surface area contributed by atoms with E-state index in [4.69, 9.17) is 37.9 Å². The third kappa shape index (κ3) is 30.0. The van der Waals surface area contributed by atoms with Crippen LogP contribution < -0.4 is 10.2 Å². The van der Waals surface area contributed by atoms with Crippen LogP contribution in [0.15, 0.2) is 0 Å². The Labute approximate surface area is 266 Å². The Morgan fingerprint density at radius 2 is 0.676 bits per heavy atom. The second-order valence-electron chi connectivity index (χ2n) is 9.74. The van der Waals surface area contributed by atoms with E-state index in [1.165, 1.54) is 0 Å². The van der Waals surface area contributed by atoms with Gasteiger partial charge in [-0.3, -0.25) is 0 Å². The van der Waals surface area contributed by atoms with E-state index < -0.39 is 11.2 Å². The molecule has 0 spiro atoms. The maximum Gasteiger partial charge on any atom is 2.00 e. The molecular weight excluding hydrogens is 610 g/mol.